The topological polar surface area (TPSA) is 79.3 Å². The lowest BCUT2D eigenvalue weighted by molar-refractivity contribution is -0.123. The lowest BCUT2D eigenvalue weighted by atomic mass is 10.1. The van der Waals surface area contributed by atoms with Crippen LogP contribution >= 0.6 is 0 Å². The number of carbonyl (C=O) groups is 2. The fourth-order valence-electron chi connectivity index (χ4n) is 3.34. The Bertz CT molecular complexity index is 828. The second kappa shape index (κ2) is 9.01. The van der Waals surface area contributed by atoms with Crippen LogP contribution in [0.3, 0.4) is 0 Å². The van der Waals surface area contributed by atoms with E-state index in [2.05, 4.69) is 51.8 Å². The first-order valence-electron chi connectivity index (χ1n) is 9.85. The average Bonchev–Trinajstić information content (AvgIpc) is 3.08. The van der Waals surface area contributed by atoms with Crippen molar-refractivity contribution in [1.82, 2.24) is 25.3 Å². The molecule has 0 saturated carbocycles. The molecule has 0 saturated heterocycles. The van der Waals surface area contributed by atoms with E-state index in [0.29, 0.717) is 26.1 Å². The molecule has 2 aromatic rings. The van der Waals surface area contributed by atoms with Crippen LogP contribution < -0.4 is 10.6 Å². The maximum Gasteiger partial charge on any atom is 0.234 e. The number of carbonyl (C=O) groups excluding carboxylic acids is 2. The summed E-state index contributed by atoms with van der Waals surface area (Å²) in [6.07, 6.45) is 0.470. The first-order valence-corrected chi connectivity index (χ1v) is 9.85. The Kier molecular flexibility index (Phi) is 6.46. The molecule has 1 aromatic carbocycles. The standard InChI is InChI=1S/C21H29N5O2/c1-4-20(27)22-12-18-11-19-13-25(9-10-26(19)24-18)14-21(28)23-16(3)17-7-5-15(2)6-8-17/h5-8,11,16H,4,9-10,12-14H2,1-3H3,(H,22,27)(H,23,28)/t16-/m0/s1. The summed E-state index contributed by atoms with van der Waals surface area (Å²) in [7, 11) is 0. The summed E-state index contributed by atoms with van der Waals surface area (Å²) >= 11 is 0. The third kappa shape index (κ3) is 5.19. The van der Waals surface area contributed by atoms with Gasteiger partial charge in [-0.1, -0.05) is 36.8 Å². The number of benzene rings is 1. The minimum absolute atomic E-state index is 0.0165. The molecule has 1 aromatic heterocycles. The third-order valence-electron chi connectivity index (χ3n) is 5.04. The Morgan fingerprint density at radius 1 is 1.18 bits per heavy atom. The van der Waals surface area contributed by atoms with Crippen molar-refractivity contribution in [3.8, 4) is 0 Å². The number of amides is 2. The van der Waals surface area contributed by atoms with Crippen LogP contribution in [0.2, 0.25) is 0 Å². The SMILES string of the molecule is CCC(=O)NCc1cc2n(n1)CCN(CC(=O)N[C@@H](C)c1ccc(C)cc1)C2. The molecule has 0 fully saturated rings. The van der Waals surface area contributed by atoms with Crippen LogP contribution in [0.25, 0.3) is 0 Å². The Labute approximate surface area is 166 Å². The lowest BCUT2D eigenvalue weighted by Gasteiger charge is -2.27. The molecule has 0 spiro atoms. The summed E-state index contributed by atoms with van der Waals surface area (Å²) in [5.41, 5.74) is 4.25. The summed E-state index contributed by atoms with van der Waals surface area (Å²) in [5, 5.41) is 10.5. The fourth-order valence-corrected chi connectivity index (χ4v) is 3.34. The molecule has 1 aliphatic rings. The molecule has 3 rings (SSSR count). The smallest absolute Gasteiger partial charge is 0.234 e. The van der Waals surface area contributed by atoms with Crippen molar-refractivity contribution in [2.45, 2.75) is 52.9 Å². The molecule has 2 heterocycles. The highest BCUT2D eigenvalue weighted by molar-refractivity contribution is 5.78. The van der Waals surface area contributed by atoms with E-state index in [-0.39, 0.29) is 17.9 Å². The van der Waals surface area contributed by atoms with E-state index in [1.807, 2.05) is 24.6 Å². The fraction of sp³-hybridized carbons (Fsp3) is 0.476. The van der Waals surface area contributed by atoms with Gasteiger partial charge < -0.3 is 10.6 Å². The van der Waals surface area contributed by atoms with Crippen LogP contribution in [0.1, 0.15) is 48.8 Å². The normalized spacial score (nSPS) is 15.0. The number of hydrogen-bond acceptors (Lipinski definition) is 4. The molecule has 0 unspecified atom stereocenters. The van der Waals surface area contributed by atoms with Gasteiger partial charge in [-0.05, 0) is 25.5 Å². The molecule has 0 aliphatic carbocycles. The van der Waals surface area contributed by atoms with E-state index in [1.165, 1.54) is 5.56 Å². The van der Waals surface area contributed by atoms with Gasteiger partial charge in [0.25, 0.3) is 0 Å². The van der Waals surface area contributed by atoms with Gasteiger partial charge in [0, 0.05) is 19.5 Å². The Morgan fingerprint density at radius 3 is 2.64 bits per heavy atom. The number of nitrogens with zero attached hydrogens (tertiary/aromatic N) is 3. The van der Waals surface area contributed by atoms with Gasteiger partial charge in [-0.25, -0.2) is 0 Å². The van der Waals surface area contributed by atoms with Crippen LogP contribution in [0.5, 0.6) is 0 Å². The number of aryl methyl sites for hydroxylation is 1. The van der Waals surface area contributed by atoms with Crippen LogP contribution in [-0.4, -0.2) is 39.6 Å². The highest BCUT2D eigenvalue weighted by Crippen LogP contribution is 2.15. The second-order valence-corrected chi connectivity index (χ2v) is 7.39. The van der Waals surface area contributed by atoms with Gasteiger partial charge in [-0.15, -0.1) is 0 Å². The van der Waals surface area contributed by atoms with Gasteiger partial charge in [0.05, 0.1) is 37.1 Å². The molecule has 0 radical (unpaired) electrons. The largest absolute Gasteiger partial charge is 0.350 e. The van der Waals surface area contributed by atoms with Gasteiger partial charge in [-0.2, -0.15) is 5.10 Å². The Morgan fingerprint density at radius 2 is 1.93 bits per heavy atom. The minimum atomic E-state index is -0.0165. The van der Waals surface area contributed by atoms with Crippen LogP contribution in [0.15, 0.2) is 30.3 Å². The van der Waals surface area contributed by atoms with Crippen LogP contribution in [0.4, 0.5) is 0 Å². The monoisotopic (exact) mass is 383 g/mol. The summed E-state index contributed by atoms with van der Waals surface area (Å²) < 4.78 is 1.97. The number of rotatable bonds is 7. The quantitative estimate of drug-likeness (QED) is 0.766. The molecule has 7 heteroatoms. The number of fused-ring (bicyclic) bond motifs is 1. The van der Waals surface area contributed by atoms with E-state index >= 15 is 0 Å². The first kappa shape index (κ1) is 20.1. The molecule has 2 N–H and O–H groups in total. The van der Waals surface area contributed by atoms with Crippen molar-refractivity contribution < 1.29 is 9.59 Å². The van der Waals surface area contributed by atoms with E-state index in [9.17, 15) is 9.59 Å². The predicted octanol–water partition coefficient (Wildman–Crippen LogP) is 1.91. The summed E-state index contributed by atoms with van der Waals surface area (Å²) in [6, 6.07) is 10.2. The highest BCUT2D eigenvalue weighted by atomic mass is 16.2. The third-order valence-corrected chi connectivity index (χ3v) is 5.04. The number of aromatic nitrogens is 2. The predicted molar refractivity (Wildman–Crippen MR) is 107 cm³/mol. The highest BCUT2D eigenvalue weighted by Gasteiger charge is 2.21. The van der Waals surface area contributed by atoms with Crippen molar-refractivity contribution in [2.24, 2.45) is 0 Å². The van der Waals surface area contributed by atoms with Gasteiger partial charge in [0.1, 0.15) is 0 Å². The summed E-state index contributed by atoms with van der Waals surface area (Å²) in [6.45, 7) is 8.91. The van der Waals surface area contributed by atoms with Crippen LogP contribution in [-0.2, 0) is 29.2 Å². The van der Waals surface area contributed by atoms with Crippen molar-refractivity contribution in [1.29, 1.82) is 0 Å². The van der Waals surface area contributed by atoms with Crippen molar-refractivity contribution in [3.63, 3.8) is 0 Å². The van der Waals surface area contributed by atoms with E-state index < -0.39 is 0 Å². The van der Waals surface area contributed by atoms with Crippen molar-refractivity contribution in [3.05, 3.63) is 52.8 Å². The average molecular weight is 383 g/mol. The molecule has 7 nitrogen and oxygen atoms in total. The second-order valence-electron chi connectivity index (χ2n) is 7.39. The summed E-state index contributed by atoms with van der Waals surface area (Å²) in [4.78, 5) is 26.0. The Balaban J connectivity index is 1.51. The minimum Gasteiger partial charge on any atom is -0.350 e. The molecule has 150 valence electrons. The molecular weight excluding hydrogens is 354 g/mol. The zero-order valence-electron chi connectivity index (χ0n) is 16.9. The van der Waals surface area contributed by atoms with E-state index in [4.69, 9.17) is 0 Å². The number of nitrogens with one attached hydrogen (secondary N) is 2. The zero-order chi connectivity index (χ0) is 20.1. The molecule has 0 bridgehead atoms. The maximum absolute atomic E-state index is 12.5. The van der Waals surface area contributed by atoms with E-state index in [1.54, 1.807) is 0 Å². The molecular formula is C21H29N5O2. The number of hydrogen-bond donors (Lipinski definition) is 2. The van der Waals surface area contributed by atoms with Gasteiger partial charge in [-0.3, -0.25) is 19.2 Å². The van der Waals surface area contributed by atoms with E-state index in [0.717, 1.165) is 30.0 Å². The Hall–Kier alpha value is -2.67. The van der Waals surface area contributed by atoms with Gasteiger partial charge >= 0.3 is 0 Å². The van der Waals surface area contributed by atoms with Gasteiger partial charge in [0.2, 0.25) is 11.8 Å². The van der Waals surface area contributed by atoms with Crippen LogP contribution in [0, 0.1) is 6.92 Å². The zero-order valence-corrected chi connectivity index (χ0v) is 16.9. The van der Waals surface area contributed by atoms with Crippen molar-refractivity contribution in [2.75, 3.05) is 13.1 Å². The maximum atomic E-state index is 12.5. The van der Waals surface area contributed by atoms with Crippen molar-refractivity contribution >= 4 is 11.8 Å². The molecule has 1 aliphatic heterocycles. The molecule has 1 atom stereocenters. The first-order chi connectivity index (χ1) is 13.4. The molecule has 28 heavy (non-hydrogen) atoms. The summed E-state index contributed by atoms with van der Waals surface area (Å²) in [5.74, 6) is 0.0449. The van der Waals surface area contributed by atoms with Gasteiger partial charge in [0.15, 0.2) is 0 Å². The lowest BCUT2D eigenvalue weighted by Crippen LogP contribution is -2.42. The molecule has 2 amide bonds.